The van der Waals surface area contributed by atoms with Gasteiger partial charge in [0.1, 0.15) is 31.1 Å². The van der Waals surface area contributed by atoms with Crippen LogP contribution in [0.15, 0.2) is 31.0 Å². The Kier molecular flexibility index (Phi) is 8.02. The van der Waals surface area contributed by atoms with E-state index in [2.05, 4.69) is 19.9 Å². The normalized spacial score (nSPS) is 23.1. The molecule has 0 radical (unpaired) electrons. The second kappa shape index (κ2) is 10.7. The third kappa shape index (κ3) is 7.75. The van der Waals surface area contributed by atoms with Crippen LogP contribution < -0.4 is 9.47 Å². The standard InChI is InChI=1S/C11H14N2O4.C10H14N2O3/c1-11(2)16-7-9(17-11)6-15-10-4-12-3-8(5-14)13-10;1-10(2)14-7-8(15-10)6-13-9-5-11-3-4-12-9/h3-5,9H,6-7H2,1-2H3;3-5,8H,6-7H2,1-2H3. The van der Waals surface area contributed by atoms with Crippen LogP contribution in [0, 0.1) is 0 Å². The first-order chi connectivity index (χ1) is 15.2. The molecule has 0 aromatic carbocycles. The molecule has 0 saturated carbocycles. The number of aromatic nitrogens is 4. The molecule has 0 N–H and O–H groups in total. The summed E-state index contributed by atoms with van der Waals surface area (Å²) >= 11 is 0. The Morgan fingerprint density at radius 1 is 0.906 bits per heavy atom. The average Bonchev–Trinajstić information content (AvgIpc) is 3.32. The maximum Gasteiger partial charge on any atom is 0.233 e. The fraction of sp³-hybridized carbons (Fsp3) is 0.571. The molecule has 2 aromatic heterocycles. The van der Waals surface area contributed by atoms with Crippen LogP contribution in [0.1, 0.15) is 38.2 Å². The number of hydrogen-bond donors (Lipinski definition) is 0. The molecule has 0 bridgehead atoms. The summed E-state index contributed by atoms with van der Waals surface area (Å²) in [6.07, 6.45) is 8.04. The summed E-state index contributed by atoms with van der Waals surface area (Å²) < 4.78 is 32.7. The molecule has 4 rings (SSSR count). The summed E-state index contributed by atoms with van der Waals surface area (Å²) in [6.45, 7) is 9.24. The van der Waals surface area contributed by atoms with Crippen LogP contribution in [0.4, 0.5) is 0 Å². The smallest absolute Gasteiger partial charge is 0.233 e. The lowest BCUT2D eigenvalue weighted by atomic mass is 10.4. The van der Waals surface area contributed by atoms with Gasteiger partial charge in [-0.2, -0.15) is 0 Å². The minimum Gasteiger partial charge on any atom is -0.474 e. The predicted octanol–water partition coefficient (Wildman–Crippen LogP) is 1.83. The molecule has 2 unspecified atom stereocenters. The van der Waals surface area contributed by atoms with Gasteiger partial charge >= 0.3 is 0 Å². The number of hydrogen-bond acceptors (Lipinski definition) is 11. The third-order valence-corrected chi connectivity index (χ3v) is 4.26. The highest BCUT2D eigenvalue weighted by atomic mass is 16.8. The van der Waals surface area contributed by atoms with Crippen molar-refractivity contribution >= 4 is 6.29 Å². The van der Waals surface area contributed by atoms with E-state index in [0.29, 0.717) is 44.5 Å². The van der Waals surface area contributed by atoms with Crippen LogP contribution in [0.5, 0.6) is 11.8 Å². The summed E-state index contributed by atoms with van der Waals surface area (Å²) in [7, 11) is 0. The van der Waals surface area contributed by atoms with Gasteiger partial charge in [0.15, 0.2) is 17.9 Å². The Balaban J connectivity index is 0.000000182. The summed E-state index contributed by atoms with van der Waals surface area (Å²) in [5.74, 6) is -0.255. The highest BCUT2D eigenvalue weighted by Gasteiger charge is 2.33. The molecule has 0 spiro atoms. The van der Waals surface area contributed by atoms with E-state index in [9.17, 15) is 4.79 Å². The van der Waals surface area contributed by atoms with Crippen LogP contribution >= 0.6 is 0 Å². The van der Waals surface area contributed by atoms with Gasteiger partial charge in [0.05, 0.1) is 31.8 Å². The zero-order valence-electron chi connectivity index (χ0n) is 18.6. The van der Waals surface area contributed by atoms with Gasteiger partial charge in [-0.05, 0) is 27.7 Å². The molecule has 2 aromatic rings. The van der Waals surface area contributed by atoms with Crippen molar-refractivity contribution in [2.24, 2.45) is 0 Å². The molecular formula is C21H28N4O7. The Hall–Kier alpha value is -2.73. The second-order valence-electron chi connectivity index (χ2n) is 7.97. The predicted molar refractivity (Wildman–Crippen MR) is 110 cm³/mol. The zero-order valence-corrected chi connectivity index (χ0v) is 18.6. The summed E-state index contributed by atoms with van der Waals surface area (Å²) in [4.78, 5) is 26.2. The fourth-order valence-electron chi connectivity index (χ4n) is 2.90. The monoisotopic (exact) mass is 448 g/mol. The van der Waals surface area contributed by atoms with Gasteiger partial charge in [-0.1, -0.05) is 0 Å². The summed E-state index contributed by atoms with van der Waals surface area (Å²) in [5, 5.41) is 0. The van der Waals surface area contributed by atoms with Crippen LogP contribution in [0.2, 0.25) is 0 Å². The van der Waals surface area contributed by atoms with Gasteiger partial charge in [0.25, 0.3) is 0 Å². The summed E-state index contributed by atoms with van der Waals surface area (Å²) in [6, 6.07) is 0. The van der Waals surface area contributed by atoms with E-state index in [4.69, 9.17) is 28.4 Å². The molecular weight excluding hydrogens is 420 g/mol. The largest absolute Gasteiger partial charge is 0.474 e. The molecule has 0 aliphatic carbocycles. The average molecular weight is 448 g/mol. The van der Waals surface area contributed by atoms with Gasteiger partial charge in [0, 0.05) is 12.4 Å². The highest BCUT2D eigenvalue weighted by Crippen LogP contribution is 2.23. The fourth-order valence-corrected chi connectivity index (χ4v) is 2.90. The molecule has 4 heterocycles. The van der Waals surface area contributed by atoms with Gasteiger partial charge in [-0.25, -0.2) is 9.97 Å². The van der Waals surface area contributed by atoms with Crippen molar-refractivity contribution in [3.05, 3.63) is 36.7 Å². The van der Waals surface area contributed by atoms with E-state index in [1.807, 2.05) is 27.7 Å². The maximum absolute atomic E-state index is 10.5. The first kappa shape index (κ1) is 23.9. The topological polar surface area (TPSA) is 124 Å². The SMILES string of the molecule is CC1(C)OCC(COc2cncc(C=O)n2)O1.CC1(C)OCC(COc2cnccn2)O1. The highest BCUT2D eigenvalue weighted by molar-refractivity contribution is 5.71. The summed E-state index contributed by atoms with van der Waals surface area (Å²) in [5.41, 5.74) is 0.242. The second-order valence-corrected chi connectivity index (χ2v) is 7.97. The minimum absolute atomic E-state index is 0.0398. The minimum atomic E-state index is -0.565. The molecule has 0 amide bonds. The Bertz CT molecular complexity index is 866. The lowest BCUT2D eigenvalue weighted by Gasteiger charge is -2.17. The lowest BCUT2D eigenvalue weighted by Crippen LogP contribution is -2.25. The Morgan fingerprint density at radius 3 is 2.00 bits per heavy atom. The van der Waals surface area contributed by atoms with Gasteiger partial charge in [-0.15, -0.1) is 0 Å². The van der Waals surface area contributed by atoms with Crippen molar-refractivity contribution in [1.29, 1.82) is 0 Å². The zero-order chi connectivity index (χ0) is 23.0. The molecule has 2 saturated heterocycles. The lowest BCUT2D eigenvalue weighted by molar-refractivity contribution is -0.142. The van der Waals surface area contributed by atoms with E-state index < -0.39 is 11.6 Å². The van der Waals surface area contributed by atoms with Crippen molar-refractivity contribution in [1.82, 2.24) is 19.9 Å². The molecule has 11 heteroatoms. The van der Waals surface area contributed by atoms with Crippen LogP contribution in [0.3, 0.4) is 0 Å². The Labute approximate surface area is 186 Å². The number of rotatable bonds is 7. The molecule has 174 valence electrons. The number of aldehydes is 1. The Morgan fingerprint density at radius 2 is 1.50 bits per heavy atom. The van der Waals surface area contributed by atoms with E-state index in [-0.39, 0.29) is 17.9 Å². The van der Waals surface area contributed by atoms with E-state index >= 15 is 0 Å². The van der Waals surface area contributed by atoms with Crippen molar-refractivity contribution in [2.45, 2.75) is 51.5 Å². The van der Waals surface area contributed by atoms with Crippen molar-refractivity contribution in [3.63, 3.8) is 0 Å². The van der Waals surface area contributed by atoms with E-state index in [1.54, 1.807) is 18.6 Å². The number of carbonyl (C=O) groups excluding carboxylic acids is 1. The van der Waals surface area contributed by atoms with Crippen LogP contribution in [0.25, 0.3) is 0 Å². The molecule has 2 aliphatic heterocycles. The molecule has 2 fully saturated rings. The number of carbonyl (C=O) groups is 1. The molecule has 11 nitrogen and oxygen atoms in total. The van der Waals surface area contributed by atoms with Crippen molar-refractivity contribution in [3.8, 4) is 11.8 Å². The van der Waals surface area contributed by atoms with Crippen LogP contribution in [-0.4, -0.2) is 76.4 Å². The molecule has 2 aliphatic rings. The van der Waals surface area contributed by atoms with E-state index in [0.717, 1.165) is 0 Å². The van der Waals surface area contributed by atoms with Gasteiger partial charge < -0.3 is 28.4 Å². The first-order valence-electron chi connectivity index (χ1n) is 10.2. The first-order valence-corrected chi connectivity index (χ1v) is 10.2. The van der Waals surface area contributed by atoms with E-state index in [1.165, 1.54) is 12.4 Å². The quantitative estimate of drug-likeness (QED) is 0.576. The maximum atomic E-state index is 10.5. The van der Waals surface area contributed by atoms with Crippen molar-refractivity contribution < 1.29 is 33.2 Å². The number of nitrogens with zero attached hydrogens (tertiary/aromatic N) is 4. The number of ether oxygens (including phenoxy) is 6. The van der Waals surface area contributed by atoms with Gasteiger partial charge in [-0.3, -0.25) is 14.8 Å². The van der Waals surface area contributed by atoms with Gasteiger partial charge in [0.2, 0.25) is 11.8 Å². The molecule has 32 heavy (non-hydrogen) atoms. The van der Waals surface area contributed by atoms with Crippen LogP contribution in [-0.2, 0) is 18.9 Å². The van der Waals surface area contributed by atoms with Crippen molar-refractivity contribution in [2.75, 3.05) is 26.4 Å². The molecule has 2 atom stereocenters. The third-order valence-electron chi connectivity index (χ3n) is 4.26.